The van der Waals surface area contributed by atoms with Crippen LogP contribution in [0.4, 0.5) is 4.79 Å². The molecular formula is C11H20N2O2. The third-order valence-corrected chi connectivity index (χ3v) is 3.86. The van der Waals surface area contributed by atoms with E-state index >= 15 is 0 Å². The number of methoxy groups -OCH3 is 1. The fourth-order valence-corrected chi connectivity index (χ4v) is 2.78. The lowest BCUT2D eigenvalue weighted by Crippen LogP contribution is -2.64. The Morgan fingerprint density at radius 2 is 2.13 bits per heavy atom. The van der Waals surface area contributed by atoms with E-state index in [4.69, 9.17) is 10.5 Å². The summed E-state index contributed by atoms with van der Waals surface area (Å²) >= 11 is 0. The molecule has 0 spiro atoms. The average molecular weight is 212 g/mol. The Morgan fingerprint density at radius 1 is 1.40 bits per heavy atom. The minimum Gasteiger partial charge on any atom is -0.453 e. The summed E-state index contributed by atoms with van der Waals surface area (Å²) in [7, 11) is 1.44. The number of hydrogen-bond donors (Lipinski definition) is 1. The van der Waals surface area contributed by atoms with Crippen molar-refractivity contribution in [2.24, 2.45) is 5.73 Å². The summed E-state index contributed by atoms with van der Waals surface area (Å²) in [6.07, 6.45) is 6.36. The van der Waals surface area contributed by atoms with Crippen molar-refractivity contribution in [3.63, 3.8) is 0 Å². The Bertz CT molecular complexity index is 251. The van der Waals surface area contributed by atoms with Crippen LogP contribution in [-0.4, -0.2) is 36.2 Å². The van der Waals surface area contributed by atoms with Crippen molar-refractivity contribution >= 4 is 6.09 Å². The number of nitrogens with zero attached hydrogens (tertiary/aromatic N) is 1. The van der Waals surface area contributed by atoms with Crippen LogP contribution in [0.15, 0.2) is 0 Å². The summed E-state index contributed by atoms with van der Waals surface area (Å²) in [5.74, 6) is 0. The van der Waals surface area contributed by atoms with Gasteiger partial charge in [0.05, 0.1) is 13.2 Å². The lowest BCUT2D eigenvalue weighted by Gasteiger charge is -2.50. The highest BCUT2D eigenvalue weighted by atomic mass is 16.5. The number of piperidine rings is 1. The van der Waals surface area contributed by atoms with Gasteiger partial charge in [-0.3, -0.25) is 0 Å². The zero-order chi connectivity index (χ0) is 10.9. The van der Waals surface area contributed by atoms with Crippen LogP contribution in [0.25, 0.3) is 0 Å². The van der Waals surface area contributed by atoms with Crippen molar-refractivity contribution in [3.05, 3.63) is 0 Å². The normalized spacial score (nSPS) is 29.5. The lowest BCUT2D eigenvalue weighted by molar-refractivity contribution is 0.0334. The number of hydrogen-bond acceptors (Lipinski definition) is 3. The third kappa shape index (κ3) is 1.83. The van der Waals surface area contributed by atoms with Gasteiger partial charge < -0.3 is 15.4 Å². The monoisotopic (exact) mass is 212 g/mol. The Labute approximate surface area is 90.8 Å². The Hall–Kier alpha value is -0.770. The lowest BCUT2D eigenvalue weighted by atomic mass is 9.69. The summed E-state index contributed by atoms with van der Waals surface area (Å²) in [4.78, 5) is 13.4. The SMILES string of the molecule is COC(=O)N1CCCCC1C1(N)CCC1. The molecule has 2 aliphatic rings. The number of carbonyl (C=O) groups is 1. The molecule has 1 aliphatic carbocycles. The minimum absolute atomic E-state index is 0.130. The van der Waals surface area contributed by atoms with Gasteiger partial charge in [0.25, 0.3) is 0 Å². The van der Waals surface area contributed by atoms with Gasteiger partial charge in [0, 0.05) is 12.1 Å². The van der Waals surface area contributed by atoms with E-state index in [0.717, 1.165) is 32.2 Å². The molecule has 1 heterocycles. The van der Waals surface area contributed by atoms with Gasteiger partial charge in [-0.25, -0.2) is 4.79 Å². The maximum atomic E-state index is 11.6. The first kappa shape index (κ1) is 10.7. The molecule has 1 aliphatic heterocycles. The fourth-order valence-electron chi connectivity index (χ4n) is 2.78. The highest BCUT2D eigenvalue weighted by Gasteiger charge is 2.45. The standard InChI is InChI=1S/C11H20N2O2/c1-15-10(14)13-8-3-2-5-9(13)11(12)6-4-7-11/h9H,2-8,12H2,1H3. The molecule has 2 fully saturated rings. The molecular weight excluding hydrogens is 192 g/mol. The molecule has 1 unspecified atom stereocenters. The number of nitrogens with two attached hydrogens (primary N) is 1. The van der Waals surface area contributed by atoms with Crippen molar-refractivity contribution in [3.8, 4) is 0 Å². The molecule has 4 heteroatoms. The van der Waals surface area contributed by atoms with E-state index in [9.17, 15) is 4.79 Å². The van der Waals surface area contributed by atoms with Gasteiger partial charge in [-0.2, -0.15) is 0 Å². The smallest absolute Gasteiger partial charge is 0.409 e. The van der Waals surface area contributed by atoms with Crippen LogP contribution in [0.1, 0.15) is 38.5 Å². The molecule has 1 saturated heterocycles. The summed E-state index contributed by atoms with van der Waals surface area (Å²) in [6.45, 7) is 0.802. The first-order valence-corrected chi connectivity index (χ1v) is 5.81. The van der Waals surface area contributed by atoms with Crippen LogP contribution in [0.5, 0.6) is 0 Å². The number of rotatable bonds is 1. The average Bonchev–Trinajstić information content (AvgIpc) is 2.25. The molecule has 2 N–H and O–H groups in total. The summed E-state index contributed by atoms with van der Waals surface area (Å²) in [6, 6.07) is 0.201. The fraction of sp³-hybridized carbons (Fsp3) is 0.909. The number of amides is 1. The highest BCUT2D eigenvalue weighted by Crippen LogP contribution is 2.38. The van der Waals surface area contributed by atoms with Gasteiger partial charge in [-0.15, -0.1) is 0 Å². The number of likely N-dealkylation sites (tertiary alicyclic amines) is 1. The Kier molecular flexibility index (Phi) is 2.87. The largest absolute Gasteiger partial charge is 0.453 e. The van der Waals surface area contributed by atoms with E-state index in [-0.39, 0.29) is 17.7 Å². The van der Waals surface area contributed by atoms with Crippen LogP contribution in [0.3, 0.4) is 0 Å². The van der Waals surface area contributed by atoms with Crippen molar-refractivity contribution in [2.45, 2.75) is 50.1 Å². The molecule has 4 nitrogen and oxygen atoms in total. The van der Waals surface area contributed by atoms with E-state index in [1.165, 1.54) is 20.0 Å². The predicted molar refractivity (Wildman–Crippen MR) is 57.5 cm³/mol. The first-order valence-electron chi connectivity index (χ1n) is 5.81. The van der Waals surface area contributed by atoms with Gasteiger partial charge in [0.1, 0.15) is 0 Å². The molecule has 0 radical (unpaired) electrons. The zero-order valence-electron chi connectivity index (χ0n) is 9.37. The van der Waals surface area contributed by atoms with E-state index in [0.29, 0.717) is 0 Å². The molecule has 0 aromatic heterocycles. The van der Waals surface area contributed by atoms with Gasteiger partial charge in [-0.1, -0.05) is 0 Å². The zero-order valence-corrected chi connectivity index (χ0v) is 9.37. The van der Waals surface area contributed by atoms with E-state index in [2.05, 4.69) is 0 Å². The molecule has 86 valence electrons. The van der Waals surface area contributed by atoms with Gasteiger partial charge in [0.2, 0.25) is 0 Å². The van der Waals surface area contributed by atoms with Gasteiger partial charge in [-0.05, 0) is 38.5 Å². The molecule has 1 atom stereocenters. The van der Waals surface area contributed by atoms with E-state index in [1.807, 2.05) is 4.90 Å². The van der Waals surface area contributed by atoms with E-state index < -0.39 is 0 Å². The van der Waals surface area contributed by atoms with Crippen LogP contribution < -0.4 is 5.73 Å². The van der Waals surface area contributed by atoms with Crippen molar-refractivity contribution < 1.29 is 9.53 Å². The molecule has 0 bridgehead atoms. The molecule has 2 rings (SSSR count). The van der Waals surface area contributed by atoms with Crippen LogP contribution in [0, 0.1) is 0 Å². The second-order valence-electron chi connectivity index (χ2n) is 4.76. The number of carbonyl (C=O) groups excluding carboxylic acids is 1. The quantitative estimate of drug-likeness (QED) is 0.716. The third-order valence-electron chi connectivity index (χ3n) is 3.86. The molecule has 0 aromatic carbocycles. The second-order valence-corrected chi connectivity index (χ2v) is 4.76. The summed E-state index contributed by atoms with van der Waals surface area (Å²) in [5.41, 5.74) is 6.18. The maximum absolute atomic E-state index is 11.6. The molecule has 1 saturated carbocycles. The van der Waals surface area contributed by atoms with Crippen molar-refractivity contribution in [1.82, 2.24) is 4.90 Å². The maximum Gasteiger partial charge on any atom is 0.409 e. The van der Waals surface area contributed by atoms with Gasteiger partial charge >= 0.3 is 6.09 Å². The Balaban J connectivity index is 2.08. The van der Waals surface area contributed by atoms with E-state index in [1.54, 1.807) is 0 Å². The van der Waals surface area contributed by atoms with Crippen molar-refractivity contribution in [1.29, 1.82) is 0 Å². The van der Waals surface area contributed by atoms with Gasteiger partial charge in [0.15, 0.2) is 0 Å². The highest BCUT2D eigenvalue weighted by molar-refractivity contribution is 5.68. The minimum atomic E-state index is -0.212. The Morgan fingerprint density at radius 3 is 2.67 bits per heavy atom. The second kappa shape index (κ2) is 4.00. The first-order chi connectivity index (χ1) is 7.17. The molecule has 1 amide bonds. The summed E-state index contributed by atoms with van der Waals surface area (Å²) < 4.78 is 4.82. The van der Waals surface area contributed by atoms with Crippen LogP contribution in [-0.2, 0) is 4.74 Å². The van der Waals surface area contributed by atoms with Crippen LogP contribution >= 0.6 is 0 Å². The van der Waals surface area contributed by atoms with Crippen LogP contribution in [0.2, 0.25) is 0 Å². The predicted octanol–water partition coefficient (Wildman–Crippen LogP) is 1.49. The molecule has 0 aromatic rings. The molecule has 15 heavy (non-hydrogen) atoms. The van der Waals surface area contributed by atoms with Crippen molar-refractivity contribution in [2.75, 3.05) is 13.7 Å². The number of ether oxygens (including phenoxy) is 1. The topological polar surface area (TPSA) is 55.6 Å². The summed E-state index contributed by atoms with van der Waals surface area (Å²) in [5, 5.41) is 0.